The van der Waals surface area contributed by atoms with Crippen molar-refractivity contribution in [1.82, 2.24) is 0 Å². The van der Waals surface area contributed by atoms with Gasteiger partial charge in [0.1, 0.15) is 51.0 Å². The van der Waals surface area contributed by atoms with E-state index in [1.807, 2.05) is 96.9 Å². The van der Waals surface area contributed by atoms with Gasteiger partial charge in [0.25, 0.3) is 0 Å². The van der Waals surface area contributed by atoms with Gasteiger partial charge in [-0.25, -0.2) is 0 Å². The number of ketones is 3. The summed E-state index contributed by atoms with van der Waals surface area (Å²) in [7, 11) is 0. The van der Waals surface area contributed by atoms with E-state index < -0.39 is 90.0 Å². The first-order valence-corrected chi connectivity index (χ1v) is 45.9. The third-order valence-electron chi connectivity index (χ3n) is 36.1. The van der Waals surface area contributed by atoms with E-state index in [2.05, 4.69) is 0 Å². The minimum Gasteiger partial charge on any atom is -0.459 e. The predicted molar refractivity (Wildman–Crippen MR) is 422 cm³/mol. The maximum absolute atomic E-state index is 14.0. The lowest BCUT2D eigenvalue weighted by molar-refractivity contribution is -0.273. The van der Waals surface area contributed by atoms with Crippen LogP contribution in [0.1, 0.15) is 347 Å². The van der Waals surface area contributed by atoms with Gasteiger partial charge >= 0.3 is 35.8 Å². The molecule has 0 aromatic heterocycles. The van der Waals surface area contributed by atoms with E-state index >= 15 is 0 Å². The summed E-state index contributed by atoms with van der Waals surface area (Å²) >= 11 is 0. The number of Topliss-reactive ketones (excluding diaryl/α,β-unsaturated/α-hetero) is 3. The molecule has 114 heavy (non-hydrogen) atoms. The third kappa shape index (κ3) is 14.8. The molecule has 636 valence electrons. The largest absolute Gasteiger partial charge is 0.459 e. The molecule has 0 radical (unpaired) electrons. The van der Waals surface area contributed by atoms with E-state index in [1.165, 1.54) is 12.8 Å². The van der Waals surface area contributed by atoms with Crippen molar-refractivity contribution in [3.8, 4) is 0 Å². The van der Waals surface area contributed by atoms with Crippen LogP contribution >= 0.6 is 0 Å². The van der Waals surface area contributed by atoms with Crippen molar-refractivity contribution >= 4 is 53.2 Å². The Morgan fingerprint density at radius 1 is 0.351 bits per heavy atom. The maximum Gasteiger partial charge on any atom is 0.312 e. The van der Waals surface area contributed by atoms with Gasteiger partial charge in [-0.2, -0.15) is 0 Å². The number of carbonyl (C=O) groups is 9. The molecule has 0 spiro atoms. The fraction of sp³-hybridized carbons (Fsp3) is 0.905. The molecular weight excluding hydrogens is 1450 g/mol. The molecule has 4 N–H and O–H groups in total. The zero-order valence-electron chi connectivity index (χ0n) is 71.9. The van der Waals surface area contributed by atoms with Gasteiger partial charge in [0, 0.05) is 58.2 Å². The van der Waals surface area contributed by atoms with Gasteiger partial charge in [-0.05, 0) is 354 Å². The highest BCUT2D eigenvalue weighted by atomic mass is 16.6. The van der Waals surface area contributed by atoms with E-state index in [-0.39, 0.29) is 94.0 Å². The molecule has 24 fully saturated rings. The number of hydrogen-bond acceptors (Lipinski definition) is 19. The number of ether oxygens (including phenoxy) is 6. The molecule has 0 aliphatic heterocycles. The summed E-state index contributed by atoms with van der Waals surface area (Å²) < 4.78 is 37.7. The Kier molecular flexibility index (Phi) is 20.6. The number of hydrogen-bond donors (Lipinski definition) is 4. The second kappa shape index (κ2) is 28.1. The fourth-order valence-corrected chi connectivity index (χ4v) is 31.9. The number of aliphatic hydroxyl groups is 4. The van der Waals surface area contributed by atoms with Crippen LogP contribution in [0.3, 0.4) is 0 Å². The summed E-state index contributed by atoms with van der Waals surface area (Å²) in [4.78, 5) is 119. The van der Waals surface area contributed by atoms with Gasteiger partial charge in [-0.3, -0.25) is 43.2 Å². The summed E-state index contributed by atoms with van der Waals surface area (Å²) in [5, 5.41) is 45.0. The first kappa shape index (κ1) is 83.3. The van der Waals surface area contributed by atoms with Crippen molar-refractivity contribution in [1.29, 1.82) is 0 Å². The van der Waals surface area contributed by atoms with Crippen LogP contribution in [0.4, 0.5) is 0 Å². The second-order valence-corrected chi connectivity index (χ2v) is 46.9. The van der Waals surface area contributed by atoms with Gasteiger partial charge in [-0.15, -0.1) is 0 Å². The number of carbonyl (C=O) groups excluding carboxylic acids is 9. The fourth-order valence-electron chi connectivity index (χ4n) is 31.9. The molecule has 0 aromatic carbocycles. The Bertz CT molecular complexity index is 3760. The highest BCUT2D eigenvalue weighted by molar-refractivity contribution is 5.88. The third-order valence-corrected chi connectivity index (χ3v) is 36.1. The maximum atomic E-state index is 14.0. The van der Waals surface area contributed by atoms with Crippen LogP contribution in [0.2, 0.25) is 0 Å². The summed E-state index contributed by atoms with van der Waals surface area (Å²) in [5.74, 6) is 2.07. The molecule has 19 heteroatoms. The van der Waals surface area contributed by atoms with Crippen LogP contribution in [-0.2, 0) is 71.6 Å². The number of rotatable bonds is 24. The highest BCUT2D eigenvalue weighted by Crippen LogP contribution is 2.70. The van der Waals surface area contributed by atoms with Crippen molar-refractivity contribution in [2.75, 3.05) is 0 Å². The van der Waals surface area contributed by atoms with Crippen LogP contribution < -0.4 is 0 Å². The molecule has 24 aliphatic carbocycles. The average Bonchev–Trinajstić information content (AvgIpc) is 0.631. The van der Waals surface area contributed by atoms with Crippen molar-refractivity contribution in [2.24, 2.45) is 134 Å². The normalized spacial score (nSPS) is 45.1. The van der Waals surface area contributed by atoms with E-state index in [0.29, 0.717) is 162 Å². The molecule has 23 atom stereocenters. The lowest BCUT2D eigenvalue weighted by Crippen LogP contribution is -2.68. The smallest absolute Gasteiger partial charge is 0.312 e. The quantitative estimate of drug-likeness (QED) is 0.0516. The monoisotopic (exact) mass is 1590 g/mol. The van der Waals surface area contributed by atoms with Crippen molar-refractivity contribution in [3.05, 3.63) is 0 Å². The minimum atomic E-state index is -0.887. The van der Waals surface area contributed by atoms with E-state index in [0.717, 1.165) is 135 Å². The Morgan fingerprint density at radius 3 is 0.982 bits per heavy atom. The zero-order valence-corrected chi connectivity index (χ0v) is 71.9. The summed E-state index contributed by atoms with van der Waals surface area (Å²) in [6.07, 6.45) is 30.5. The highest BCUT2D eigenvalue weighted by Gasteiger charge is 2.70. The summed E-state index contributed by atoms with van der Waals surface area (Å²) in [6, 6.07) is 0. The molecule has 19 nitrogen and oxygen atoms in total. The molecule has 24 rings (SSSR count). The Hall–Kier alpha value is -4.33. The lowest BCUT2D eigenvalue weighted by atomic mass is 9.43. The van der Waals surface area contributed by atoms with Crippen LogP contribution in [-0.4, -0.2) is 130 Å². The average molecular weight is 1590 g/mol. The molecule has 0 saturated heterocycles. The Labute approximate surface area is 678 Å². The summed E-state index contributed by atoms with van der Waals surface area (Å²) in [5.41, 5.74) is -9.17. The molecule has 0 amide bonds. The SMILES string of the molecule is CCC(C)(CC(C)(C)C(=O)OC12CC3C[C@@H](C1)C(=O)[C@@H](C3)C2)C(=O)OC(C)(C)C12CC3C[C@H](CC(O)(C3)C1)C2.CCC(CC(C)C(=O)OC12CC3C[C@@H](C1)C(=O)[C@@H](C3)C2)C(=O)OC(C)(C)C12CC3CC(O)(C1)C[C@](O)(C3)C2.CCC(CC(C)C(=O)OC12CC3C[C@@H](C1)C(=O)[C@@H](C3)C2)C(=O)OC(C)(C)C12CC3C[C@H](CC(O)(C3)C1)C2. The standard InChI is InChI=1S/C33H50O6.C31H46O7.C31H46O6/c1-7-30(6,27(36)38-29(4,5)31-11-21-8-22(12-31)14-32(37,13-21)19-31)18-28(2,3)26(35)39-33-15-20-9-23(16-33)25(34)24(10-20)17-33;1-5-21(6-18(2)25(33)38-31-12-19-7-22(13-31)24(32)23(8-19)14-31)26(34)37-27(3,4)28-9-20-10-29(35,15-28)17-30(36,11-20)16-28;1-5-22(6-18(2)26(33)37-31-14-19-8-23(15-31)25(32)24(9-19)16-31)27(34)36-28(3,4)29-10-20-7-21(11-29)13-30(35,12-20)17-29/h20-24,37H,7-19H2,1-6H3;18-23,35-36H,5-17H2,1-4H3;18-24,35H,5-17H2,1-4H3/t20?,21-,22?,23-,24-,30?,31?,32?,33?;18?,19?,20?,21?,22-,23-,28?,29-,30?,31?;18?,19?,20-,21?,22?,23-,24-,29?,30?,31?/m000/s1. The first-order chi connectivity index (χ1) is 53.0. The van der Waals surface area contributed by atoms with Crippen LogP contribution in [0, 0.1) is 134 Å². The Balaban J connectivity index is 0.000000129. The molecule has 0 heterocycles. The van der Waals surface area contributed by atoms with Crippen molar-refractivity contribution < 1.29 is 92.0 Å². The minimum absolute atomic E-state index is 0.0469. The molecule has 24 bridgehead atoms. The predicted octanol–water partition coefficient (Wildman–Crippen LogP) is 16.0. The van der Waals surface area contributed by atoms with Crippen LogP contribution in [0.25, 0.3) is 0 Å². The lowest BCUT2D eigenvalue weighted by Gasteiger charge is -2.66. The van der Waals surface area contributed by atoms with E-state index in [9.17, 15) is 63.6 Å². The van der Waals surface area contributed by atoms with Crippen LogP contribution in [0.5, 0.6) is 0 Å². The first-order valence-electron chi connectivity index (χ1n) is 45.9. The molecule has 24 aliphatic rings. The van der Waals surface area contributed by atoms with Gasteiger partial charge < -0.3 is 48.8 Å². The molecule has 14 unspecified atom stereocenters. The molecular formula is C95H142O19. The summed E-state index contributed by atoms with van der Waals surface area (Å²) in [6.45, 7) is 27.4. The van der Waals surface area contributed by atoms with E-state index in [1.54, 1.807) is 0 Å². The van der Waals surface area contributed by atoms with Crippen LogP contribution in [0.15, 0.2) is 0 Å². The Morgan fingerprint density at radius 2 is 0.658 bits per heavy atom. The molecule has 0 aromatic rings. The van der Waals surface area contributed by atoms with Crippen molar-refractivity contribution in [2.45, 2.75) is 403 Å². The number of esters is 6. The van der Waals surface area contributed by atoms with Gasteiger partial charge in [-0.1, -0.05) is 34.6 Å². The topological polar surface area (TPSA) is 290 Å². The van der Waals surface area contributed by atoms with Gasteiger partial charge in [0.2, 0.25) is 0 Å². The second-order valence-electron chi connectivity index (χ2n) is 46.9. The van der Waals surface area contributed by atoms with Gasteiger partial charge in [0.15, 0.2) is 0 Å². The van der Waals surface area contributed by atoms with Crippen molar-refractivity contribution in [3.63, 3.8) is 0 Å². The van der Waals surface area contributed by atoms with E-state index in [4.69, 9.17) is 28.4 Å². The molecule has 24 saturated carbocycles. The van der Waals surface area contributed by atoms with Gasteiger partial charge in [0.05, 0.1) is 56.9 Å². The zero-order chi connectivity index (χ0) is 81.9.